The number of hydrogen-bond acceptors (Lipinski definition) is 1. The molecule has 1 aliphatic rings. The fourth-order valence-electron chi connectivity index (χ4n) is 1.72. The van der Waals surface area contributed by atoms with E-state index in [0.29, 0.717) is 5.56 Å². The van der Waals surface area contributed by atoms with Crippen molar-refractivity contribution in [2.75, 3.05) is 6.61 Å². The average molecular weight is 180 g/mol. The molecular weight excluding hydrogens is 167 g/mol. The van der Waals surface area contributed by atoms with Crippen LogP contribution in [0.2, 0.25) is 0 Å². The zero-order chi connectivity index (χ0) is 9.10. The summed E-state index contributed by atoms with van der Waals surface area (Å²) in [6, 6.07) is 6.87. The van der Waals surface area contributed by atoms with E-state index >= 15 is 0 Å². The molecule has 0 aliphatic carbocycles. The van der Waals surface area contributed by atoms with E-state index in [9.17, 15) is 4.39 Å². The van der Waals surface area contributed by atoms with E-state index in [1.165, 1.54) is 6.07 Å². The maximum atomic E-state index is 13.3. The molecule has 0 bridgehead atoms. The first kappa shape index (κ1) is 8.70. The van der Waals surface area contributed by atoms with Crippen LogP contribution in [-0.2, 0) is 4.74 Å². The number of hydrogen-bond donors (Lipinski definition) is 0. The molecule has 1 nitrogen and oxygen atoms in total. The quantitative estimate of drug-likeness (QED) is 0.645. The molecule has 2 heteroatoms. The lowest BCUT2D eigenvalue weighted by atomic mass is 10.0. The third-order valence-electron chi connectivity index (χ3n) is 2.43. The number of rotatable bonds is 1. The van der Waals surface area contributed by atoms with E-state index in [2.05, 4.69) is 0 Å². The number of halogens is 1. The van der Waals surface area contributed by atoms with Crippen molar-refractivity contribution in [2.45, 2.75) is 25.4 Å². The fraction of sp³-hybridized carbons (Fsp3) is 0.455. The fourth-order valence-corrected chi connectivity index (χ4v) is 1.72. The first-order valence-corrected chi connectivity index (χ1v) is 4.74. The second kappa shape index (κ2) is 3.88. The van der Waals surface area contributed by atoms with Crippen molar-refractivity contribution in [3.63, 3.8) is 0 Å². The highest BCUT2D eigenvalue weighted by molar-refractivity contribution is 5.20. The van der Waals surface area contributed by atoms with Gasteiger partial charge in [-0.15, -0.1) is 0 Å². The van der Waals surface area contributed by atoms with Crippen LogP contribution >= 0.6 is 0 Å². The Morgan fingerprint density at radius 2 is 2.08 bits per heavy atom. The van der Waals surface area contributed by atoms with Crippen LogP contribution in [0, 0.1) is 5.82 Å². The Morgan fingerprint density at radius 3 is 2.77 bits per heavy atom. The molecule has 0 radical (unpaired) electrons. The van der Waals surface area contributed by atoms with Crippen LogP contribution in [-0.4, -0.2) is 6.61 Å². The van der Waals surface area contributed by atoms with Gasteiger partial charge in [-0.25, -0.2) is 4.39 Å². The first-order valence-electron chi connectivity index (χ1n) is 4.74. The lowest BCUT2D eigenvalue weighted by Gasteiger charge is -2.23. The Morgan fingerprint density at radius 1 is 1.23 bits per heavy atom. The van der Waals surface area contributed by atoms with Gasteiger partial charge in [-0.2, -0.15) is 0 Å². The molecule has 1 aliphatic heterocycles. The molecule has 1 heterocycles. The van der Waals surface area contributed by atoms with E-state index in [1.807, 2.05) is 12.1 Å². The van der Waals surface area contributed by atoms with Gasteiger partial charge in [0, 0.05) is 12.2 Å². The van der Waals surface area contributed by atoms with Crippen molar-refractivity contribution in [2.24, 2.45) is 0 Å². The standard InChI is InChI=1S/C11H13FO/c12-10-6-2-1-5-9(10)11-7-3-4-8-13-11/h1-2,5-6,11H,3-4,7-8H2. The van der Waals surface area contributed by atoms with Crippen LogP contribution in [0.1, 0.15) is 30.9 Å². The predicted molar refractivity (Wildman–Crippen MR) is 48.9 cm³/mol. The molecule has 1 fully saturated rings. The molecule has 70 valence electrons. The molecule has 0 aromatic heterocycles. The first-order chi connectivity index (χ1) is 6.38. The molecule has 1 unspecified atom stereocenters. The summed E-state index contributed by atoms with van der Waals surface area (Å²) in [4.78, 5) is 0. The van der Waals surface area contributed by atoms with E-state index in [-0.39, 0.29) is 11.9 Å². The van der Waals surface area contributed by atoms with Crippen molar-refractivity contribution < 1.29 is 9.13 Å². The average Bonchev–Trinajstić information content (AvgIpc) is 2.20. The van der Waals surface area contributed by atoms with Crippen LogP contribution in [0.5, 0.6) is 0 Å². The monoisotopic (exact) mass is 180 g/mol. The molecule has 0 saturated carbocycles. The smallest absolute Gasteiger partial charge is 0.129 e. The van der Waals surface area contributed by atoms with E-state index < -0.39 is 0 Å². The highest BCUT2D eigenvalue weighted by Gasteiger charge is 2.18. The van der Waals surface area contributed by atoms with Crippen molar-refractivity contribution >= 4 is 0 Å². The zero-order valence-electron chi connectivity index (χ0n) is 7.50. The number of ether oxygens (including phenoxy) is 1. The van der Waals surface area contributed by atoms with Gasteiger partial charge in [0.25, 0.3) is 0 Å². The maximum absolute atomic E-state index is 13.3. The SMILES string of the molecule is Fc1ccccc1C1CCCCO1. The summed E-state index contributed by atoms with van der Waals surface area (Å²) in [6.07, 6.45) is 3.17. The lowest BCUT2D eigenvalue weighted by Crippen LogP contribution is -2.12. The van der Waals surface area contributed by atoms with E-state index in [1.54, 1.807) is 6.07 Å². The second-order valence-corrected chi connectivity index (χ2v) is 3.38. The second-order valence-electron chi connectivity index (χ2n) is 3.38. The molecule has 1 aromatic carbocycles. The molecule has 1 aromatic rings. The Balaban J connectivity index is 2.18. The highest BCUT2D eigenvalue weighted by atomic mass is 19.1. The minimum atomic E-state index is -0.144. The summed E-state index contributed by atoms with van der Waals surface area (Å²) >= 11 is 0. The molecule has 0 spiro atoms. The van der Waals surface area contributed by atoms with Crippen molar-refractivity contribution in [3.8, 4) is 0 Å². The Bertz CT molecular complexity index is 279. The van der Waals surface area contributed by atoms with Crippen molar-refractivity contribution in [3.05, 3.63) is 35.6 Å². The van der Waals surface area contributed by atoms with Crippen LogP contribution in [0.25, 0.3) is 0 Å². The Hall–Kier alpha value is -0.890. The predicted octanol–water partition coefficient (Wildman–Crippen LogP) is 3.07. The summed E-state index contributed by atoms with van der Waals surface area (Å²) in [7, 11) is 0. The third-order valence-corrected chi connectivity index (χ3v) is 2.43. The van der Waals surface area contributed by atoms with Crippen LogP contribution in [0.3, 0.4) is 0 Å². The van der Waals surface area contributed by atoms with Gasteiger partial charge in [-0.3, -0.25) is 0 Å². The van der Waals surface area contributed by atoms with Crippen LogP contribution in [0.15, 0.2) is 24.3 Å². The van der Waals surface area contributed by atoms with Crippen LogP contribution in [0.4, 0.5) is 4.39 Å². The van der Waals surface area contributed by atoms with Crippen molar-refractivity contribution in [1.29, 1.82) is 0 Å². The molecule has 0 N–H and O–H groups in total. The number of benzene rings is 1. The van der Waals surface area contributed by atoms with Gasteiger partial charge < -0.3 is 4.74 Å². The zero-order valence-corrected chi connectivity index (χ0v) is 7.50. The summed E-state index contributed by atoms with van der Waals surface area (Å²) in [6.45, 7) is 0.763. The van der Waals surface area contributed by atoms with Gasteiger partial charge in [-0.1, -0.05) is 18.2 Å². The molecule has 1 atom stereocenters. The van der Waals surface area contributed by atoms with Gasteiger partial charge in [-0.05, 0) is 25.3 Å². The summed E-state index contributed by atoms with van der Waals surface area (Å²) in [5.74, 6) is -0.144. The Labute approximate surface area is 77.5 Å². The molecule has 13 heavy (non-hydrogen) atoms. The van der Waals surface area contributed by atoms with Gasteiger partial charge in [0.2, 0.25) is 0 Å². The lowest BCUT2D eigenvalue weighted by molar-refractivity contribution is 0.0128. The summed E-state index contributed by atoms with van der Waals surface area (Å²) in [5.41, 5.74) is 0.710. The minimum Gasteiger partial charge on any atom is -0.373 e. The van der Waals surface area contributed by atoms with Gasteiger partial charge in [0.15, 0.2) is 0 Å². The van der Waals surface area contributed by atoms with Crippen molar-refractivity contribution in [1.82, 2.24) is 0 Å². The molecule has 0 amide bonds. The molecular formula is C11H13FO. The summed E-state index contributed by atoms with van der Waals surface area (Å²) in [5, 5.41) is 0. The van der Waals surface area contributed by atoms with Gasteiger partial charge >= 0.3 is 0 Å². The topological polar surface area (TPSA) is 9.23 Å². The third kappa shape index (κ3) is 1.89. The van der Waals surface area contributed by atoms with Crippen LogP contribution < -0.4 is 0 Å². The largest absolute Gasteiger partial charge is 0.373 e. The summed E-state index contributed by atoms with van der Waals surface area (Å²) < 4.78 is 18.8. The highest BCUT2D eigenvalue weighted by Crippen LogP contribution is 2.28. The minimum absolute atomic E-state index is 0.0186. The van der Waals surface area contributed by atoms with E-state index in [0.717, 1.165) is 25.9 Å². The normalized spacial score (nSPS) is 23.0. The Kier molecular flexibility index (Phi) is 2.60. The van der Waals surface area contributed by atoms with E-state index in [4.69, 9.17) is 4.74 Å². The molecule has 1 saturated heterocycles. The maximum Gasteiger partial charge on any atom is 0.129 e. The van der Waals surface area contributed by atoms with Gasteiger partial charge in [0.05, 0.1) is 6.10 Å². The molecule has 2 rings (SSSR count). The van der Waals surface area contributed by atoms with Gasteiger partial charge in [0.1, 0.15) is 5.82 Å².